The average molecular weight is 567 g/mol. The molecule has 3 aromatic heterocycles. The van der Waals surface area contributed by atoms with E-state index in [1.807, 2.05) is 31.4 Å². The molecule has 6 rings (SSSR count). The van der Waals surface area contributed by atoms with Gasteiger partial charge in [0.05, 0.1) is 41.9 Å². The Morgan fingerprint density at radius 3 is 2.74 bits per heavy atom. The molecule has 11 nitrogen and oxygen atoms in total. The molecule has 1 saturated heterocycles. The standard InChI is InChI=1S/C30H27FN8O3/c1-4-29(40)39-15-19(16-39)35-26-11-21-25(12-27(26)41-3)32-17-33-30(21)37-24-9-8-20(10-22(24)31)42-28-7-5-6-23(36-28)18-13-34-38(2)14-18/h4-14,17,19,35H,1,15-16H2,2-3H3,(H,32,33,37). The Morgan fingerprint density at radius 2 is 2.00 bits per heavy atom. The number of hydrogen-bond acceptors (Lipinski definition) is 9. The van der Waals surface area contributed by atoms with Crippen LogP contribution in [0.4, 0.5) is 21.6 Å². The van der Waals surface area contributed by atoms with E-state index in [-0.39, 0.29) is 17.6 Å². The van der Waals surface area contributed by atoms with E-state index in [0.29, 0.717) is 58.6 Å². The van der Waals surface area contributed by atoms with Gasteiger partial charge >= 0.3 is 0 Å². The van der Waals surface area contributed by atoms with Crippen LogP contribution in [0.5, 0.6) is 17.4 Å². The minimum Gasteiger partial charge on any atom is -0.495 e. The predicted molar refractivity (Wildman–Crippen MR) is 156 cm³/mol. The first-order valence-electron chi connectivity index (χ1n) is 13.1. The minimum absolute atomic E-state index is 0.0471. The summed E-state index contributed by atoms with van der Waals surface area (Å²) in [6, 6.07) is 13.6. The summed E-state index contributed by atoms with van der Waals surface area (Å²) in [4.78, 5) is 26.7. The zero-order valence-electron chi connectivity index (χ0n) is 22.9. The van der Waals surface area contributed by atoms with E-state index in [2.05, 4.69) is 37.3 Å². The molecule has 4 heterocycles. The molecule has 5 aromatic rings. The molecule has 0 atom stereocenters. The maximum absolute atomic E-state index is 15.3. The number of aryl methyl sites for hydroxylation is 1. The lowest BCUT2D eigenvalue weighted by molar-refractivity contribution is -0.129. The molecule has 0 bridgehead atoms. The normalized spacial score (nSPS) is 13.0. The van der Waals surface area contributed by atoms with Crippen molar-refractivity contribution in [2.75, 3.05) is 30.8 Å². The maximum atomic E-state index is 15.3. The number of benzene rings is 2. The molecular weight excluding hydrogens is 539 g/mol. The third kappa shape index (κ3) is 5.42. The third-order valence-electron chi connectivity index (χ3n) is 6.82. The van der Waals surface area contributed by atoms with E-state index in [1.54, 1.807) is 47.2 Å². The summed E-state index contributed by atoms with van der Waals surface area (Å²) in [5, 5.41) is 11.3. The summed E-state index contributed by atoms with van der Waals surface area (Å²) in [6.07, 6.45) is 6.27. The van der Waals surface area contributed by atoms with Crippen molar-refractivity contribution < 1.29 is 18.7 Å². The fourth-order valence-corrected chi connectivity index (χ4v) is 4.66. The van der Waals surface area contributed by atoms with Gasteiger partial charge in [0.15, 0.2) is 0 Å². The number of nitrogens with one attached hydrogen (secondary N) is 2. The van der Waals surface area contributed by atoms with Crippen LogP contribution >= 0.6 is 0 Å². The first-order chi connectivity index (χ1) is 20.4. The summed E-state index contributed by atoms with van der Waals surface area (Å²) >= 11 is 0. The van der Waals surface area contributed by atoms with Gasteiger partial charge in [0, 0.05) is 55.5 Å². The number of likely N-dealkylation sites (tertiary alicyclic amines) is 1. The number of halogens is 1. The van der Waals surface area contributed by atoms with Gasteiger partial charge in [-0.2, -0.15) is 5.10 Å². The van der Waals surface area contributed by atoms with Crippen LogP contribution in [0.25, 0.3) is 22.2 Å². The molecule has 2 aromatic carbocycles. The largest absolute Gasteiger partial charge is 0.495 e. The number of hydrogen-bond donors (Lipinski definition) is 2. The zero-order valence-corrected chi connectivity index (χ0v) is 22.9. The van der Waals surface area contributed by atoms with Crippen LogP contribution in [0.1, 0.15) is 0 Å². The van der Waals surface area contributed by atoms with E-state index in [1.165, 1.54) is 18.5 Å². The Kier molecular flexibility index (Phi) is 7.09. The van der Waals surface area contributed by atoms with Crippen molar-refractivity contribution in [3.63, 3.8) is 0 Å². The molecule has 2 N–H and O–H groups in total. The van der Waals surface area contributed by atoms with Gasteiger partial charge < -0.3 is 25.0 Å². The number of rotatable bonds is 9. The van der Waals surface area contributed by atoms with E-state index < -0.39 is 5.82 Å². The van der Waals surface area contributed by atoms with Crippen LogP contribution in [0.3, 0.4) is 0 Å². The summed E-state index contributed by atoms with van der Waals surface area (Å²) in [5.41, 5.74) is 3.08. The van der Waals surface area contributed by atoms with Gasteiger partial charge in [-0.25, -0.2) is 19.3 Å². The van der Waals surface area contributed by atoms with Gasteiger partial charge in [0.2, 0.25) is 11.8 Å². The number of amides is 1. The molecular formula is C30H27FN8O3. The van der Waals surface area contributed by atoms with Crippen molar-refractivity contribution in [2.24, 2.45) is 7.05 Å². The van der Waals surface area contributed by atoms with E-state index in [9.17, 15) is 4.79 Å². The Hall–Kier alpha value is -5.52. The highest BCUT2D eigenvalue weighted by atomic mass is 19.1. The van der Waals surface area contributed by atoms with Crippen LogP contribution < -0.4 is 20.1 Å². The van der Waals surface area contributed by atoms with Crippen molar-refractivity contribution in [1.29, 1.82) is 0 Å². The molecule has 1 aliphatic rings. The van der Waals surface area contributed by atoms with Crippen molar-refractivity contribution in [3.8, 4) is 28.6 Å². The number of carbonyl (C=O) groups excluding carboxylic acids is 1. The average Bonchev–Trinajstić information content (AvgIpc) is 3.42. The van der Waals surface area contributed by atoms with Crippen LogP contribution in [-0.2, 0) is 11.8 Å². The van der Waals surface area contributed by atoms with Gasteiger partial charge in [-0.1, -0.05) is 12.6 Å². The van der Waals surface area contributed by atoms with Crippen LogP contribution in [0.2, 0.25) is 0 Å². The fourth-order valence-electron chi connectivity index (χ4n) is 4.66. The molecule has 0 radical (unpaired) electrons. The number of aromatic nitrogens is 5. The number of carbonyl (C=O) groups is 1. The molecule has 212 valence electrons. The number of anilines is 3. The molecule has 0 spiro atoms. The first kappa shape index (κ1) is 26.7. The lowest BCUT2D eigenvalue weighted by Gasteiger charge is -2.39. The van der Waals surface area contributed by atoms with Gasteiger partial charge in [0.1, 0.15) is 29.5 Å². The van der Waals surface area contributed by atoms with Crippen LogP contribution in [0, 0.1) is 5.82 Å². The smallest absolute Gasteiger partial charge is 0.246 e. The highest BCUT2D eigenvalue weighted by molar-refractivity contribution is 5.95. The molecule has 1 fully saturated rings. The Labute approximate surface area is 240 Å². The quantitative estimate of drug-likeness (QED) is 0.240. The van der Waals surface area contributed by atoms with Crippen LogP contribution in [-0.4, -0.2) is 61.8 Å². The summed E-state index contributed by atoms with van der Waals surface area (Å²) in [5.74, 6) is 0.996. The monoisotopic (exact) mass is 566 g/mol. The fraction of sp³-hybridized carbons (Fsp3) is 0.167. The second-order valence-electron chi connectivity index (χ2n) is 9.71. The molecule has 42 heavy (non-hydrogen) atoms. The van der Waals surface area contributed by atoms with Gasteiger partial charge in [-0.3, -0.25) is 9.48 Å². The van der Waals surface area contributed by atoms with E-state index in [4.69, 9.17) is 9.47 Å². The lowest BCUT2D eigenvalue weighted by atomic mass is 10.1. The number of nitrogens with zero attached hydrogens (tertiary/aromatic N) is 6. The minimum atomic E-state index is -0.531. The summed E-state index contributed by atoms with van der Waals surface area (Å²) in [7, 11) is 3.40. The van der Waals surface area contributed by atoms with Gasteiger partial charge in [-0.15, -0.1) is 0 Å². The van der Waals surface area contributed by atoms with Crippen LogP contribution in [0.15, 0.2) is 79.9 Å². The maximum Gasteiger partial charge on any atom is 0.246 e. The molecule has 1 aliphatic heterocycles. The number of pyridine rings is 1. The van der Waals surface area contributed by atoms with Crippen molar-refractivity contribution in [3.05, 3.63) is 85.7 Å². The zero-order chi connectivity index (χ0) is 29.2. The van der Waals surface area contributed by atoms with Crippen molar-refractivity contribution in [1.82, 2.24) is 29.6 Å². The Morgan fingerprint density at radius 1 is 1.14 bits per heavy atom. The topological polar surface area (TPSA) is 119 Å². The second kappa shape index (κ2) is 11.2. The van der Waals surface area contributed by atoms with Crippen molar-refractivity contribution >= 4 is 34.0 Å². The van der Waals surface area contributed by atoms with E-state index in [0.717, 1.165) is 5.56 Å². The number of fused-ring (bicyclic) bond motifs is 1. The highest BCUT2D eigenvalue weighted by Gasteiger charge is 2.30. The SMILES string of the molecule is C=CC(=O)N1CC(Nc2cc3c(Nc4ccc(Oc5cccc(-c6cnn(C)c6)n5)cc4F)ncnc3cc2OC)C1. The second-order valence-corrected chi connectivity index (χ2v) is 9.71. The van der Waals surface area contributed by atoms with Crippen molar-refractivity contribution in [2.45, 2.75) is 6.04 Å². The number of ether oxygens (including phenoxy) is 2. The first-order valence-corrected chi connectivity index (χ1v) is 13.1. The Bertz CT molecular complexity index is 1800. The molecule has 12 heteroatoms. The number of methoxy groups -OCH3 is 1. The van der Waals surface area contributed by atoms with Gasteiger partial charge in [0.25, 0.3) is 0 Å². The molecule has 0 unspecified atom stereocenters. The van der Waals surface area contributed by atoms with Gasteiger partial charge in [-0.05, 0) is 30.3 Å². The molecule has 0 aliphatic carbocycles. The lowest BCUT2D eigenvalue weighted by Crippen LogP contribution is -2.56. The molecule has 0 saturated carbocycles. The van der Waals surface area contributed by atoms with E-state index >= 15 is 4.39 Å². The predicted octanol–water partition coefficient (Wildman–Crippen LogP) is 4.92. The Balaban J connectivity index is 1.21. The third-order valence-corrected chi connectivity index (χ3v) is 6.82. The summed E-state index contributed by atoms with van der Waals surface area (Å²) < 4.78 is 28.4. The highest BCUT2D eigenvalue weighted by Crippen LogP contribution is 2.35. The summed E-state index contributed by atoms with van der Waals surface area (Å²) in [6.45, 7) is 4.62. The molecule has 1 amide bonds.